The molecule has 19 heavy (non-hydrogen) atoms. The van der Waals surface area contributed by atoms with Crippen molar-refractivity contribution < 1.29 is 9.53 Å². The summed E-state index contributed by atoms with van der Waals surface area (Å²) in [5, 5.41) is 6.02. The van der Waals surface area contributed by atoms with Crippen LogP contribution in [0.4, 0.5) is 0 Å². The number of carbonyl (C=O) groups excluding carboxylic acids is 1. The fraction of sp³-hybridized carbons (Fsp3) is 0.533. The number of rotatable bonds is 9. The molecule has 0 spiro atoms. The average molecular weight is 264 g/mol. The molecule has 0 fully saturated rings. The van der Waals surface area contributed by atoms with Gasteiger partial charge in [0.1, 0.15) is 0 Å². The Morgan fingerprint density at radius 3 is 2.84 bits per heavy atom. The number of benzene rings is 1. The first kappa shape index (κ1) is 15.7. The third-order valence-electron chi connectivity index (χ3n) is 2.77. The summed E-state index contributed by atoms with van der Waals surface area (Å²) in [6.07, 6.45) is 2.13. The van der Waals surface area contributed by atoms with E-state index in [1.807, 2.05) is 18.2 Å². The SMILES string of the molecule is CCCCNC(=O)CNCc1cccc(COC)c1. The zero-order valence-corrected chi connectivity index (χ0v) is 11.9. The van der Waals surface area contributed by atoms with Crippen LogP contribution in [0.1, 0.15) is 30.9 Å². The second-order valence-corrected chi connectivity index (χ2v) is 4.56. The van der Waals surface area contributed by atoms with Gasteiger partial charge in [-0.05, 0) is 17.5 Å². The summed E-state index contributed by atoms with van der Waals surface area (Å²) in [7, 11) is 1.69. The van der Waals surface area contributed by atoms with Crippen LogP contribution < -0.4 is 10.6 Å². The van der Waals surface area contributed by atoms with Gasteiger partial charge in [-0.15, -0.1) is 0 Å². The third-order valence-corrected chi connectivity index (χ3v) is 2.77. The van der Waals surface area contributed by atoms with Crippen LogP contribution in [0.25, 0.3) is 0 Å². The summed E-state index contributed by atoms with van der Waals surface area (Å²) >= 11 is 0. The monoisotopic (exact) mass is 264 g/mol. The van der Waals surface area contributed by atoms with Crippen molar-refractivity contribution in [3.05, 3.63) is 35.4 Å². The molecule has 0 saturated heterocycles. The number of hydrogen-bond acceptors (Lipinski definition) is 3. The van der Waals surface area contributed by atoms with Gasteiger partial charge in [0.15, 0.2) is 0 Å². The van der Waals surface area contributed by atoms with E-state index in [9.17, 15) is 4.79 Å². The highest BCUT2D eigenvalue weighted by Gasteiger charge is 2.00. The highest BCUT2D eigenvalue weighted by atomic mass is 16.5. The van der Waals surface area contributed by atoms with E-state index < -0.39 is 0 Å². The fourth-order valence-electron chi connectivity index (χ4n) is 1.78. The van der Waals surface area contributed by atoms with Crippen molar-refractivity contribution in [2.24, 2.45) is 0 Å². The molecule has 2 N–H and O–H groups in total. The number of ether oxygens (including phenoxy) is 1. The summed E-state index contributed by atoms with van der Waals surface area (Å²) in [6, 6.07) is 8.17. The quantitative estimate of drug-likeness (QED) is 0.669. The van der Waals surface area contributed by atoms with Crippen LogP contribution in [0.2, 0.25) is 0 Å². The predicted octanol–water partition coefficient (Wildman–Crippen LogP) is 1.84. The molecular formula is C15H24N2O2. The molecule has 0 aliphatic carbocycles. The Morgan fingerprint density at radius 1 is 1.32 bits per heavy atom. The molecule has 106 valence electrons. The molecule has 0 radical (unpaired) electrons. The maximum atomic E-state index is 11.5. The van der Waals surface area contributed by atoms with Crippen LogP contribution in [0, 0.1) is 0 Å². The predicted molar refractivity (Wildman–Crippen MR) is 76.8 cm³/mol. The largest absolute Gasteiger partial charge is 0.380 e. The first-order chi connectivity index (χ1) is 9.26. The minimum absolute atomic E-state index is 0.0569. The molecule has 4 heteroatoms. The van der Waals surface area contributed by atoms with E-state index >= 15 is 0 Å². The summed E-state index contributed by atoms with van der Waals surface area (Å²) in [5.74, 6) is 0.0569. The Balaban J connectivity index is 2.24. The lowest BCUT2D eigenvalue weighted by atomic mass is 10.1. The molecule has 0 unspecified atom stereocenters. The highest BCUT2D eigenvalue weighted by Crippen LogP contribution is 2.05. The van der Waals surface area contributed by atoms with Crippen molar-refractivity contribution in [2.45, 2.75) is 32.9 Å². The molecule has 0 aliphatic heterocycles. The number of nitrogens with one attached hydrogen (secondary N) is 2. The van der Waals surface area contributed by atoms with Gasteiger partial charge in [-0.25, -0.2) is 0 Å². The van der Waals surface area contributed by atoms with E-state index in [4.69, 9.17) is 4.74 Å². The minimum Gasteiger partial charge on any atom is -0.380 e. The van der Waals surface area contributed by atoms with Crippen LogP contribution in [-0.4, -0.2) is 26.1 Å². The van der Waals surface area contributed by atoms with Gasteiger partial charge in [-0.3, -0.25) is 4.79 Å². The zero-order valence-electron chi connectivity index (χ0n) is 11.9. The van der Waals surface area contributed by atoms with Crippen molar-refractivity contribution in [3.8, 4) is 0 Å². The van der Waals surface area contributed by atoms with E-state index in [-0.39, 0.29) is 5.91 Å². The Bertz CT molecular complexity index is 380. The molecule has 1 amide bonds. The average Bonchev–Trinajstić information content (AvgIpc) is 2.40. The van der Waals surface area contributed by atoms with E-state index in [1.54, 1.807) is 7.11 Å². The van der Waals surface area contributed by atoms with Crippen molar-refractivity contribution in [3.63, 3.8) is 0 Å². The van der Waals surface area contributed by atoms with Crippen molar-refractivity contribution >= 4 is 5.91 Å². The van der Waals surface area contributed by atoms with Crippen LogP contribution in [0.5, 0.6) is 0 Å². The topological polar surface area (TPSA) is 50.4 Å². The summed E-state index contributed by atoms with van der Waals surface area (Å²) in [5.41, 5.74) is 2.31. The van der Waals surface area contributed by atoms with Gasteiger partial charge in [0, 0.05) is 20.2 Å². The van der Waals surface area contributed by atoms with E-state index in [0.717, 1.165) is 30.5 Å². The number of methoxy groups -OCH3 is 1. The lowest BCUT2D eigenvalue weighted by molar-refractivity contribution is -0.120. The molecule has 0 atom stereocenters. The Hall–Kier alpha value is -1.39. The van der Waals surface area contributed by atoms with Gasteiger partial charge in [-0.1, -0.05) is 37.6 Å². The molecular weight excluding hydrogens is 240 g/mol. The van der Waals surface area contributed by atoms with Crippen LogP contribution in [0.3, 0.4) is 0 Å². The van der Waals surface area contributed by atoms with E-state index in [1.165, 1.54) is 0 Å². The molecule has 4 nitrogen and oxygen atoms in total. The van der Waals surface area contributed by atoms with Crippen LogP contribution in [0.15, 0.2) is 24.3 Å². The molecule has 0 bridgehead atoms. The normalized spacial score (nSPS) is 10.4. The molecule has 1 aromatic carbocycles. The molecule has 0 aromatic heterocycles. The number of unbranched alkanes of at least 4 members (excludes halogenated alkanes) is 1. The summed E-state index contributed by atoms with van der Waals surface area (Å²) in [6.45, 7) is 4.54. The smallest absolute Gasteiger partial charge is 0.233 e. The van der Waals surface area contributed by atoms with Crippen molar-refractivity contribution in [1.82, 2.24) is 10.6 Å². The summed E-state index contributed by atoms with van der Waals surface area (Å²) < 4.78 is 5.10. The fourth-order valence-corrected chi connectivity index (χ4v) is 1.78. The third kappa shape index (κ3) is 6.94. The first-order valence-electron chi connectivity index (χ1n) is 6.80. The number of carbonyl (C=O) groups is 1. The van der Waals surface area contributed by atoms with Gasteiger partial charge >= 0.3 is 0 Å². The number of amides is 1. The maximum absolute atomic E-state index is 11.5. The van der Waals surface area contributed by atoms with Crippen LogP contribution >= 0.6 is 0 Å². The van der Waals surface area contributed by atoms with Gasteiger partial charge < -0.3 is 15.4 Å². The van der Waals surface area contributed by atoms with Gasteiger partial charge in [0.05, 0.1) is 13.2 Å². The first-order valence-corrected chi connectivity index (χ1v) is 6.80. The lowest BCUT2D eigenvalue weighted by Crippen LogP contribution is -2.34. The molecule has 0 saturated carbocycles. The highest BCUT2D eigenvalue weighted by molar-refractivity contribution is 5.77. The molecule has 0 aliphatic rings. The van der Waals surface area contributed by atoms with Gasteiger partial charge in [0.2, 0.25) is 5.91 Å². The second-order valence-electron chi connectivity index (χ2n) is 4.56. The summed E-state index contributed by atoms with van der Waals surface area (Å²) in [4.78, 5) is 11.5. The standard InChI is InChI=1S/C15H24N2O2/c1-3-4-8-17-15(18)11-16-10-13-6-5-7-14(9-13)12-19-2/h5-7,9,16H,3-4,8,10-12H2,1-2H3,(H,17,18). The maximum Gasteiger partial charge on any atom is 0.233 e. The molecule has 0 heterocycles. The van der Waals surface area contributed by atoms with Gasteiger partial charge in [0.25, 0.3) is 0 Å². The Labute approximate surface area is 115 Å². The molecule has 1 aromatic rings. The van der Waals surface area contributed by atoms with Crippen LogP contribution in [-0.2, 0) is 22.7 Å². The Morgan fingerprint density at radius 2 is 2.11 bits per heavy atom. The Kier molecular flexibility index (Phi) is 7.86. The van der Waals surface area contributed by atoms with E-state index in [0.29, 0.717) is 19.7 Å². The van der Waals surface area contributed by atoms with Gasteiger partial charge in [-0.2, -0.15) is 0 Å². The van der Waals surface area contributed by atoms with Crippen molar-refractivity contribution in [2.75, 3.05) is 20.2 Å². The second kappa shape index (κ2) is 9.53. The van der Waals surface area contributed by atoms with Crippen molar-refractivity contribution in [1.29, 1.82) is 0 Å². The zero-order chi connectivity index (χ0) is 13.9. The number of hydrogen-bond donors (Lipinski definition) is 2. The van der Waals surface area contributed by atoms with E-state index in [2.05, 4.69) is 23.6 Å². The lowest BCUT2D eigenvalue weighted by Gasteiger charge is -2.07. The minimum atomic E-state index is 0.0569. The molecule has 1 rings (SSSR count).